The number of anilines is 1. The van der Waals surface area contributed by atoms with Gasteiger partial charge >= 0.3 is 5.97 Å². The molecular formula is C14H14BrN3O3. The molecule has 1 aromatic heterocycles. The van der Waals surface area contributed by atoms with E-state index in [9.17, 15) is 9.59 Å². The molecule has 0 bridgehead atoms. The van der Waals surface area contributed by atoms with Crippen LogP contribution in [0.1, 0.15) is 32.1 Å². The lowest BCUT2D eigenvalue weighted by Gasteiger charge is -2.07. The van der Waals surface area contributed by atoms with Gasteiger partial charge in [-0.15, -0.1) is 0 Å². The van der Waals surface area contributed by atoms with Crippen LogP contribution in [0.3, 0.4) is 0 Å². The molecule has 1 heterocycles. The van der Waals surface area contributed by atoms with Crippen molar-refractivity contribution in [2.45, 2.75) is 13.8 Å². The fraction of sp³-hybridized carbons (Fsp3) is 0.214. The van der Waals surface area contributed by atoms with Crippen molar-refractivity contribution in [3.63, 3.8) is 0 Å². The predicted molar refractivity (Wildman–Crippen MR) is 81.7 cm³/mol. The van der Waals surface area contributed by atoms with E-state index in [1.807, 2.05) is 0 Å². The summed E-state index contributed by atoms with van der Waals surface area (Å²) in [6, 6.07) is 4.63. The monoisotopic (exact) mass is 351 g/mol. The third kappa shape index (κ3) is 2.97. The number of carbonyl (C=O) groups is 2. The van der Waals surface area contributed by atoms with Gasteiger partial charge in [-0.05, 0) is 48.0 Å². The summed E-state index contributed by atoms with van der Waals surface area (Å²) in [5, 5.41) is 16.0. The van der Waals surface area contributed by atoms with Gasteiger partial charge in [-0.25, -0.2) is 4.79 Å². The first kappa shape index (κ1) is 15.2. The maximum Gasteiger partial charge on any atom is 0.336 e. The number of nitrogens with zero attached hydrogens (tertiary/aromatic N) is 2. The quantitative estimate of drug-likeness (QED) is 0.890. The second kappa shape index (κ2) is 5.69. The van der Waals surface area contributed by atoms with Gasteiger partial charge in [0.05, 0.1) is 16.8 Å². The van der Waals surface area contributed by atoms with Crippen LogP contribution < -0.4 is 5.32 Å². The number of carboxylic acid groups (broad SMARTS) is 1. The Balaban J connectivity index is 2.32. The van der Waals surface area contributed by atoms with Gasteiger partial charge in [-0.1, -0.05) is 0 Å². The van der Waals surface area contributed by atoms with Crippen molar-refractivity contribution in [3.05, 3.63) is 45.2 Å². The molecular weight excluding hydrogens is 338 g/mol. The summed E-state index contributed by atoms with van der Waals surface area (Å²) in [4.78, 5) is 23.4. The smallest absolute Gasteiger partial charge is 0.336 e. The molecule has 0 saturated carbocycles. The van der Waals surface area contributed by atoms with E-state index in [0.29, 0.717) is 21.4 Å². The topological polar surface area (TPSA) is 84.2 Å². The van der Waals surface area contributed by atoms with Crippen molar-refractivity contribution in [2.24, 2.45) is 7.05 Å². The van der Waals surface area contributed by atoms with Crippen molar-refractivity contribution in [1.82, 2.24) is 9.78 Å². The second-order valence-corrected chi connectivity index (χ2v) is 5.48. The Kier molecular flexibility index (Phi) is 4.13. The number of amides is 1. The first-order valence-corrected chi connectivity index (χ1v) is 6.95. The summed E-state index contributed by atoms with van der Waals surface area (Å²) in [7, 11) is 1.77. The van der Waals surface area contributed by atoms with E-state index in [2.05, 4.69) is 26.3 Å². The largest absolute Gasteiger partial charge is 0.478 e. The fourth-order valence-corrected chi connectivity index (χ4v) is 2.48. The molecule has 2 rings (SSSR count). The highest BCUT2D eigenvalue weighted by molar-refractivity contribution is 9.10. The van der Waals surface area contributed by atoms with Gasteiger partial charge in [0.1, 0.15) is 0 Å². The number of aromatic carboxylic acids is 1. The minimum absolute atomic E-state index is 0.0902. The number of benzene rings is 1. The van der Waals surface area contributed by atoms with E-state index in [0.717, 1.165) is 5.69 Å². The lowest BCUT2D eigenvalue weighted by atomic mass is 10.1. The standard InChI is InChI=1S/C14H14BrN3O3/c1-7-12(8(2)18(3)17-7)13(19)16-9-4-5-11(15)10(6-9)14(20)21/h4-6H,1-3H3,(H,16,19)(H,20,21). The molecule has 1 aromatic carbocycles. The van der Waals surface area contributed by atoms with Crippen LogP contribution in [-0.4, -0.2) is 26.8 Å². The van der Waals surface area contributed by atoms with E-state index in [1.54, 1.807) is 37.7 Å². The molecule has 21 heavy (non-hydrogen) atoms. The summed E-state index contributed by atoms with van der Waals surface area (Å²) >= 11 is 3.16. The van der Waals surface area contributed by atoms with E-state index in [-0.39, 0.29) is 11.5 Å². The van der Waals surface area contributed by atoms with Gasteiger partial charge in [0.25, 0.3) is 5.91 Å². The van der Waals surface area contributed by atoms with Gasteiger partial charge in [-0.3, -0.25) is 9.48 Å². The molecule has 1 amide bonds. The Morgan fingerprint density at radius 3 is 2.52 bits per heavy atom. The SMILES string of the molecule is Cc1nn(C)c(C)c1C(=O)Nc1ccc(Br)c(C(=O)O)c1. The number of halogens is 1. The van der Waals surface area contributed by atoms with Crippen LogP contribution in [0.15, 0.2) is 22.7 Å². The summed E-state index contributed by atoms with van der Waals surface area (Å²) in [5.41, 5.74) is 2.39. The van der Waals surface area contributed by atoms with Crippen LogP contribution in [-0.2, 0) is 7.05 Å². The maximum atomic E-state index is 12.3. The Hall–Kier alpha value is -2.15. The molecule has 0 aliphatic carbocycles. The number of nitrogens with one attached hydrogen (secondary N) is 1. The fourth-order valence-electron chi connectivity index (χ4n) is 2.06. The number of carbonyl (C=O) groups excluding carboxylic acids is 1. The van der Waals surface area contributed by atoms with Gasteiger partial charge in [-0.2, -0.15) is 5.10 Å². The van der Waals surface area contributed by atoms with Crippen molar-refractivity contribution >= 4 is 33.5 Å². The van der Waals surface area contributed by atoms with E-state index in [1.165, 1.54) is 6.07 Å². The molecule has 0 atom stereocenters. The number of aromatic nitrogens is 2. The highest BCUT2D eigenvalue weighted by atomic mass is 79.9. The third-order valence-electron chi connectivity index (χ3n) is 3.19. The average molecular weight is 352 g/mol. The van der Waals surface area contributed by atoms with Gasteiger partial charge < -0.3 is 10.4 Å². The number of rotatable bonds is 3. The lowest BCUT2D eigenvalue weighted by molar-refractivity contribution is 0.0695. The van der Waals surface area contributed by atoms with Gasteiger partial charge in [0.15, 0.2) is 0 Å². The van der Waals surface area contributed by atoms with Crippen LogP contribution in [0.25, 0.3) is 0 Å². The maximum absolute atomic E-state index is 12.3. The summed E-state index contributed by atoms with van der Waals surface area (Å²) in [6.07, 6.45) is 0. The van der Waals surface area contributed by atoms with E-state index < -0.39 is 5.97 Å². The molecule has 0 aliphatic rings. The Morgan fingerprint density at radius 1 is 1.33 bits per heavy atom. The molecule has 6 nitrogen and oxygen atoms in total. The van der Waals surface area contributed by atoms with Crippen molar-refractivity contribution < 1.29 is 14.7 Å². The zero-order chi connectivity index (χ0) is 15.7. The average Bonchev–Trinajstić information content (AvgIpc) is 2.65. The molecule has 110 valence electrons. The third-order valence-corrected chi connectivity index (χ3v) is 3.88. The van der Waals surface area contributed by atoms with Crippen LogP contribution in [0.2, 0.25) is 0 Å². The highest BCUT2D eigenvalue weighted by Crippen LogP contribution is 2.22. The van der Waals surface area contributed by atoms with Crippen molar-refractivity contribution in [3.8, 4) is 0 Å². The minimum Gasteiger partial charge on any atom is -0.478 e. The first-order valence-electron chi connectivity index (χ1n) is 6.15. The second-order valence-electron chi connectivity index (χ2n) is 4.62. The molecule has 0 fully saturated rings. The molecule has 2 N–H and O–H groups in total. The van der Waals surface area contributed by atoms with Crippen LogP contribution >= 0.6 is 15.9 Å². The number of carboxylic acids is 1. The summed E-state index contributed by atoms with van der Waals surface area (Å²) in [6.45, 7) is 3.56. The lowest BCUT2D eigenvalue weighted by Crippen LogP contribution is -2.14. The number of hydrogen-bond acceptors (Lipinski definition) is 3. The van der Waals surface area contributed by atoms with Crippen molar-refractivity contribution in [2.75, 3.05) is 5.32 Å². The Morgan fingerprint density at radius 2 is 2.00 bits per heavy atom. The van der Waals surface area contributed by atoms with E-state index >= 15 is 0 Å². The summed E-state index contributed by atoms with van der Waals surface area (Å²) in [5.74, 6) is -1.37. The normalized spacial score (nSPS) is 10.5. The zero-order valence-electron chi connectivity index (χ0n) is 11.8. The molecule has 0 saturated heterocycles. The Labute approximate surface area is 129 Å². The van der Waals surface area contributed by atoms with Crippen LogP contribution in [0.5, 0.6) is 0 Å². The van der Waals surface area contributed by atoms with Crippen molar-refractivity contribution in [1.29, 1.82) is 0 Å². The van der Waals surface area contributed by atoms with Gasteiger partial charge in [0, 0.05) is 22.9 Å². The van der Waals surface area contributed by atoms with E-state index in [4.69, 9.17) is 5.11 Å². The molecule has 0 radical (unpaired) electrons. The molecule has 0 spiro atoms. The Bertz CT molecular complexity index is 737. The predicted octanol–water partition coefficient (Wildman–Crippen LogP) is 2.75. The number of hydrogen-bond donors (Lipinski definition) is 2. The number of aryl methyl sites for hydroxylation is 2. The highest BCUT2D eigenvalue weighted by Gasteiger charge is 2.18. The molecule has 0 aliphatic heterocycles. The zero-order valence-corrected chi connectivity index (χ0v) is 13.4. The van der Waals surface area contributed by atoms with Crippen LogP contribution in [0.4, 0.5) is 5.69 Å². The first-order chi connectivity index (χ1) is 9.81. The van der Waals surface area contributed by atoms with Gasteiger partial charge in [0.2, 0.25) is 0 Å². The summed E-state index contributed by atoms with van der Waals surface area (Å²) < 4.78 is 2.09. The molecule has 0 unspecified atom stereocenters. The minimum atomic E-state index is -1.06. The molecule has 7 heteroatoms. The van der Waals surface area contributed by atoms with Crippen LogP contribution in [0, 0.1) is 13.8 Å². The molecule has 2 aromatic rings.